The lowest BCUT2D eigenvalue weighted by Crippen LogP contribution is -2.52. The highest BCUT2D eigenvalue weighted by atomic mass is 32.1. The van der Waals surface area contributed by atoms with E-state index in [0.717, 1.165) is 51.5 Å². The molecule has 5 nitrogen and oxygen atoms in total. The molecule has 3 rings (SSSR count). The molecule has 2 aromatic rings. The Morgan fingerprint density at radius 1 is 1.35 bits per heavy atom. The van der Waals surface area contributed by atoms with Crippen molar-refractivity contribution in [1.82, 2.24) is 19.4 Å². The third-order valence-electron chi connectivity index (χ3n) is 4.60. The maximum absolute atomic E-state index is 9.43. The van der Waals surface area contributed by atoms with Gasteiger partial charge < -0.3 is 9.67 Å². The Bertz CT molecular complexity index is 583. The van der Waals surface area contributed by atoms with E-state index >= 15 is 0 Å². The maximum atomic E-state index is 9.43. The number of hydrogen-bond acceptors (Lipinski definition) is 5. The summed E-state index contributed by atoms with van der Waals surface area (Å²) in [6.07, 6.45) is 4.77. The summed E-state index contributed by atoms with van der Waals surface area (Å²) >= 11 is 1.82. The Hall–Kier alpha value is -1.21. The standard InChI is InChI=1S/C17H26N4OS/c1-2-20-7-6-18-17(20)14-19-8-9-21(15(12-19)5-10-22)13-16-4-3-11-23-16/h3-4,6-7,11,15,22H,2,5,8-10,12-14H2,1H3. The summed E-state index contributed by atoms with van der Waals surface area (Å²) in [5.74, 6) is 1.14. The minimum absolute atomic E-state index is 0.253. The highest BCUT2D eigenvalue weighted by Gasteiger charge is 2.27. The van der Waals surface area contributed by atoms with Crippen molar-refractivity contribution in [2.24, 2.45) is 0 Å². The van der Waals surface area contributed by atoms with Gasteiger partial charge in [-0.2, -0.15) is 0 Å². The van der Waals surface area contributed by atoms with Crippen LogP contribution in [0.25, 0.3) is 0 Å². The quantitative estimate of drug-likeness (QED) is 0.841. The number of rotatable bonds is 7. The van der Waals surface area contributed by atoms with Gasteiger partial charge in [-0.05, 0) is 24.8 Å². The van der Waals surface area contributed by atoms with Gasteiger partial charge in [0.1, 0.15) is 5.82 Å². The van der Waals surface area contributed by atoms with E-state index < -0.39 is 0 Å². The summed E-state index contributed by atoms with van der Waals surface area (Å²) in [5.41, 5.74) is 0. The van der Waals surface area contributed by atoms with Crippen molar-refractivity contribution in [3.05, 3.63) is 40.6 Å². The van der Waals surface area contributed by atoms with Crippen molar-refractivity contribution in [3.63, 3.8) is 0 Å². The molecule has 23 heavy (non-hydrogen) atoms. The van der Waals surface area contributed by atoms with Crippen LogP contribution in [0.3, 0.4) is 0 Å². The number of aliphatic hydroxyl groups excluding tert-OH is 1. The van der Waals surface area contributed by atoms with Gasteiger partial charge in [-0.1, -0.05) is 6.07 Å². The molecule has 2 aromatic heterocycles. The second kappa shape index (κ2) is 8.06. The number of aromatic nitrogens is 2. The second-order valence-electron chi connectivity index (χ2n) is 6.08. The molecule has 1 aliphatic heterocycles. The smallest absolute Gasteiger partial charge is 0.122 e. The lowest BCUT2D eigenvalue weighted by molar-refractivity contribution is 0.0489. The van der Waals surface area contributed by atoms with E-state index in [0.29, 0.717) is 6.04 Å². The van der Waals surface area contributed by atoms with Crippen molar-refractivity contribution in [2.45, 2.75) is 39.0 Å². The predicted octanol–water partition coefficient (Wildman–Crippen LogP) is 2.03. The van der Waals surface area contributed by atoms with Crippen molar-refractivity contribution in [3.8, 4) is 0 Å². The SMILES string of the molecule is CCn1ccnc1CN1CCN(Cc2cccs2)C(CCO)C1. The van der Waals surface area contributed by atoms with Crippen LogP contribution < -0.4 is 0 Å². The van der Waals surface area contributed by atoms with Crippen molar-refractivity contribution in [2.75, 3.05) is 26.2 Å². The Kier molecular flexibility index (Phi) is 5.83. The number of aryl methyl sites for hydroxylation is 1. The fourth-order valence-electron chi connectivity index (χ4n) is 3.31. The van der Waals surface area contributed by atoms with Gasteiger partial charge >= 0.3 is 0 Å². The predicted molar refractivity (Wildman–Crippen MR) is 93.4 cm³/mol. The first-order valence-electron chi connectivity index (χ1n) is 8.39. The first kappa shape index (κ1) is 16.6. The van der Waals surface area contributed by atoms with Gasteiger partial charge in [-0.3, -0.25) is 9.80 Å². The summed E-state index contributed by atoms with van der Waals surface area (Å²) < 4.78 is 2.21. The normalized spacial score (nSPS) is 20.2. The van der Waals surface area contributed by atoms with Gasteiger partial charge in [0.05, 0.1) is 6.54 Å². The summed E-state index contributed by atoms with van der Waals surface area (Å²) in [5, 5.41) is 11.6. The molecule has 0 bridgehead atoms. The highest BCUT2D eigenvalue weighted by Crippen LogP contribution is 2.20. The third kappa shape index (κ3) is 4.20. The molecular weight excluding hydrogens is 308 g/mol. The monoisotopic (exact) mass is 334 g/mol. The molecule has 1 N–H and O–H groups in total. The summed E-state index contributed by atoms with van der Waals surface area (Å²) in [4.78, 5) is 10.9. The fraction of sp³-hybridized carbons (Fsp3) is 0.588. The van der Waals surface area contributed by atoms with Crippen LogP contribution in [0.5, 0.6) is 0 Å². The number of hydrogen-bond donors (Lipinski definition) is 1. The summed E-state index contributed by atoms with van der Waals surface area (Å²) in [6, 6.07) is 4.73. The molecule has 1 unspecified atom stereocenters. The number of nitrogens with zero attached hydrogens (tertiary/aromatic N) is 4. The van der Waals surface area contributed by atoms with Crippen LogP contribution in [-0.4, -0.2) is 56.7 Å². The van der Waals surface area contributed by atoms with Crippen LogP contribution in [0, 0.1) is 0 Å². The van der Waals surface area contributed by atoms with Crippen LogP contribution in [0.1, 0.15) is 24.0 Å². The van der Waals surface area contributed by atoms with Crippen LogP contribution in [0.15, 0.2) is 29.9 Å². The van der Waals surface area contributed by atoms with Crippen molar-refractivity contribution >= 4 is 11.3 Å². The van der Waals surface area contributed by atoms with Gasteiger partial charge in [0.2, 0.25) is 0 Å². The third-order valence-corrected chi connectivity index (χ3v) is 5.46. The lowest BCUT2D eigenvalue weighted by atomic mass is 10.1. The minimum atomic E-state index is 0.253. The van der Waals surface area contributed by atoms with Crippen LogP contribution in [-0.2, 0) is 19.6 Å². The zero-order valence-electron chi connectivity index (χ0n) is 13.8. The zero-order chi connectivity index (χ0) is 16.1. The van der Waals surface area contributed by atoms with Gasteiger partial charge in [0.25, 0.3) is 0 Å². The molecule has 1 fully saturated rings. The number of thiophene rings is 1. The van der Waals surface area contributed by atoms with Crippen molar-refractivity contribution in [1.29, 1.82) is 0 Å². The first-order valence-corrected chi connectivity index (χ1v) is 9.27. The molecule has 6 heteroatoms. The summed E-state index contributed by atoms with van der Waals surface area (Å²) in [7, 11) is 0. The molecule has 1 aliphatic rings. The average molecular weight is 334 g/mol. The maximum Gasteiger partial charge on any atom is 0.122 e. The van der Waals surface area contributed by atoms with E-state index in [4.69, 9.17) is 0 Å². The van der Waals surface area contributed by atoms with Crippen LogP contribution >= 0.6 is 11.3 Å². The topological polar surface area (TPSA) is 44.5 Å². The van der Waals surface area contributed by atoms with Crippen LogP contribution in [0.2, 0.25) is 0 Å². The first-order chi connectivity index (χ1) is 11.3. The van der Waals surface area contributed by atoms with E-state index in [9.17, 15) is 5.11 Å². The van der Waals surface area contributed by atoms with Gasteiger partial charge in [-0.25, -0.2) is 4.98 Å². The number of aliphatic hydroxyl groups is 1. The Morgan fingerprint density at radius 3 is 3.00 bits per heavy atom. The second-order valence-corrected chi connectivity index (χ2v) is 7.11. The largest absolute Gasteiger partial charge is 0.396 e. The molecule has 0 spiro atoms. The molecule has 126 valence electrons. The van der Waals surface area contributed by atoms with Gasteiger partial charge in [0, 0.05) is 62.6 Å². The van der Waals surface area contributed by atoms with Gasteiger partial charge in [-0.15, -0.1) is 11.3 Å². The number of imidazole rings is 1. The molecule has 3 heterocycles. The lowest BCUT2D eigenvalue weighted by Gasteiger charge is -2.41. The molecule has 0 radical (unpaired) electrons. The van der Waals surface area contributed by atoms with Crippen LogP contribution in [0.4, 0.5) is 0 Å². The fourth-order valence-corrected chi connectivity index (χ4v) is 4.04. The molecule has 1 atom stereocenters. The zero-order valence-corrected chi connectivity index (χ0v) is 14.6. The molecule has 0 saturated carbocycles. The Balaban J connectivity index is 1.61. The molecule has 0 amide bonds. The molecular formula is C17H26N4OS. The Morgan fingerprint density at radius 2 is 2.26 bits per heavy atom. The van der Waals surface area contributed by atoms with E-state index in [1.165, 1.54) is 4.88 Å². The average Bonchev–Trinajstić information content (AvgIpc) is 3.21. The molecule has 1 saturated heterocycles. The number of piperazine rings is 1. The van der Waals surface area contributed by atoms with E-state index in [-0.39, 0.29) is 6.61 Å². The molecule has 0 aromatic carbocycles. The van der Waals surface area contributed by atoms with Gasteiger partial charge in [0.15, 0.2) is 0 Å². The summed E-state index contributed by atoms with van der Waals surface area (Å²) in [6.45, 7) is 8.38. The minimum Gasteiger partial charge on any atom is -0.396 e. The highest BCUT2D eigenvalue weighted by molar-refractivity contribution is 7.09. The van der Waals surface area contributed by atoms with Crippen molar-refractivity contribution < 1.29 is 5.11 Å². The molecule has 0 aliphatic carbocycles. The van der Waals surface area contributed by atoms with E-state index in [1.54, 1.807) is 0 Å². The van der Waals surface area contributed by atoms with E-state index in [1.807, 2.05) is 23.7 Å². The Labute approximate surface area is 142 Å². The van der Waals surface area contributed by atoms with E-state index in [2.05, 4.69) is 43.8 Å².